The largest absolute Gasteiger partial charge is 0.489 e. The van der Waals surface area contributed by atoms with E-state index in [-0.39, 0.29) is 24.1 Å². The summed E-state index contributed by atoms with van der Waals surface area (Å²) in [6.07, 6.45) is 0.234. The fourth-order valence-electron chi connectivity index (χ4n) is 2.61. The summed E-state index contributed by atoms with van der Waals surface area (Å²) in [5.74, 6) is 6.27. The Kier molecular flexibility index (Phi) is 7.63. The van der Waals surface area contributed by atoms with E-state index in [0.717, 1.165) is 16.9 Å². The number of hydrogen-bond donors (Lipinski definition) is 0. The minimum absolute atomic E-state index is 0.0469. The third-order valence-corrected chi connectivity index (χ3v) is 4.04. The highest BCUT2D eigenvalue weighted by Gasteiger charge is 2.15. The number of carbonyl (C=O) groups is 2. The summed E-state index contributed by atoms with van der Waals surface area (Å²) in [5.41, 5.74) is 2.63. The molecule has 0 aliphatic carbocycles. The van der Waals surface area contributed by atoms with Crippen LogP contribution in [0.25, 0.3) is 0 Å². The van der Waals surface area contributed by atoms with E-state index >= 15 is 0 Å². The monoisotopic (exact) mass is 364 g/mol. The topological polar surface area (TPSA) is 52.6 Å². The Bertz CT molecular complexity index is 823. The van der Waals surface area contributed by atoms with Gasteiger partial charge >= 0.3 is 5.97 Å². The lowest BCUT2D eigenvalue weighted by atomic mass is 9.96. The average molecular weight is 364 g/mol. The maximum absolute atomic E-state index is 11.8. The zero-order valence-corrected chi connectivity index (χ0v) is 16.0. The van der Waals surface area contributed by atoms with Crippen LogP contribution in [0.3, 0.4) is 0 Å². The number of carbonyl (C=O) groups excluding carboxylic acids is 2. The SMILES string of the molecule is CC#C[C@@H](CC(=O)OCC)c1ccc(OCc2ccc(C(C)=O)cc2)cc1. The van der Waals surface area contributed by atoms with Gasteiger partial charge in [0.05, 0.1) is 18.9 Å². The van der Waals surface area contributed by atoms with Crippen LogP contribution in [0.15, 0.2) is 48.5 Å². The first-order chi connectivity index (χ1) is 13.0. The number of Topliss-reactive ketones (excluding diaryl/α,β-unsaturated/α-hetero) is 1. The molecule has 0 spiro atoms. The molecule has 1 atom stereocenters. The fraction of sp³-hybridized carbons (Fsp3) is 0.304. The Balaban J connectivity index is 1.99. The molecule has 140 valence electrons. The van der Waals surface area contributed by atoms with Crippen molar-refractivity contribution in [3.63, 3.8) is 0 Å². The molecule has 0 aromatic heterocycles. The molecule has 2 aromatic carbocycles. The highest BCUT2D eigenvalue weighted by Crippen LogP contribution is 2.23. The van der Waals surface area contributed by atoms with E-state index in [1.165, 1.54) is 0 Å². The third-order valence-electron chi connectivity index (χ3n) is 4.04. The molecule has 2 rings (SSSR count). The molecule has 0 N–H and O–H groups in total. The van der Waals surface area contributed by atoms with E-state index in [4.69, 9.17) is 9.47 Å². The normalized spacial score (nSPS) is 11.1. The molecule has 0 saturated heterocycles. The van der Waals surface area contributed by atoms with E-state index in [1.807, 2.05) is 36.4 Å². The molecule has 0 aliphatic rings. The van der Waals surface area contributed by atoms with E-state index in [2.05, 4.69) is 11.8 Å². The van der Waals surface area contributed by atoms with Gasteiger partial charge in [0.1, 0.15) is 12.4 Å². The second kappa shape index (κ2) is 10.2. The van der Waals surface area contributed by atoms with Gasteiger partial charge in [-0.15, -0.1) is 5.92 Å². The summed E-state index contributed by atoms with van der Waals surface area (Å²) in [7, 11) is 0. The predicted octanol–water partition coefficient (Wildman–Crippen LogP) is 4.53. The minimum atomic E-state index is -0.250. The van der Waals surface area contributed by atoms with Crippen molar-refractivity contribution in [3.8, 4) is 17.6 Å². The van der Waals surface area contributed by atoms with Crippen molar-refractivity contribution >= 4 is 11.8 Å². The molecule has 0 radical (unpaired) electrons. The van der Waals surface area contributed by atoms with Crippen molar-refractivity contribution in [3.05, 3.63) is 65.2 Å². The first-order valence-corrected chi connectivity index (χ1v) is 8.94. The van der Waals surface area contributed by atoms with Crippen molar-refractivity contribution in [1.29, 1.82) is 0 Å². The first kappa shape index (κ1) is 20.3. The van der Waals surface area contributed by atoms with Crippen molar-refractivity contribution in [2.24, 2.45) is 0 Å². The summed E-state index contributed by atoms with van der Waals surface area (Å²) in [4.78, 5) is 23.1. The Labute approximate surface area is 160 Å². The van der Waals surface area contributed by atoms with Crippen LogP contribution in [0.4, 0.5) is 0 Å². The van der Waals surface area contributed by atoms with Crippen LogP contribution < -0.4 is 4.74 Å². The summed E-state index contributed by atoms with van der Waals surface area (Å²) in [6, 6.07) is 14.9. The maximum Gasteiger partial charge on any atom is 0.307 e. The number of benzene rings is 2. The van der Waals surface area contributed by atoms with E-state index in [0.29, 0.717) is 18.8 Å². The lowest BCUT2D eigenvalue weighted by molar-refractivity contribution is -0.143. The Morgan fingerprint density at radius 3 is 2.26 bits per heavy atom. The van der Waals surface area contributed by atoms with Gasteiger partial charge < -0.3 is 9.47 Å². The Morgan fingerprint density at radius 2 is 1.70 bits per heavy atom. The van der Waals surface area contributed by atoms with Crippen molar-refractivity contribution in [1.82, 2.24) is 0 Å². The summed E-state index contributed by atoms with van der Waals surface area (Å²) < 4.78 is 10.8. The van der Waals surface area contributed by atoms with Gasteiger partial charge in [-0.05, 0) is 44.0 Å². The maximum atomic E-state index is 11.8. The van der Waals surface area contributed by atoms with E-state index in [9.17, 15) is 9.59 Å². The van der Waals surface area contributed by atoms with E-state index < -0.39 is 0 Å². The van der Waals surface area contributed by atoms with Crippen LogP contribution in [-0.4, -0.2) is 18.4 Å². The molecular formula is C23H24O4. The molecule has 2 aromatic rings. The summed E-state index contributed by atoms with van der Waals surface area (Å²) in [6.45, 7) is 5.88. The summed E-state index contributed by atoms with van der Waals surface area (Å²) >= 11 is 0. The number of esters is 1. The third kappa shape index (κ3) is 6.31. The minimum Gasteiger partial charge on any atom is -0.489 e. The van der Waals surface area contributed by atoms with Gasteiger partial charge in [0, 0.05) is 5.56 Å². The fourth-order valence-corrected chi connectivity index (χ4v) is 2.61. The lowest BCUT2D eigenvalue weighted by Crippen LogP contribution is -2.09. The van der Waals surface area contributed by atoms with Crippen molar-refractivity contribution in [2.75, 3.05) is 6.61 Å². The van der Waals surface area contributed by atoms with Gasteiger partial charge in [-0.2, -0.15) is 0 Å². The van der Waals surface area contributed by atoms with Crippen LogP contribution >= 0.6 is 0 Å². The molecule has 0 bridgehead atoms. The Morgan fingerprint density at radius 1 is 1.04 bits per heavy atom. The van der Waals surface area contributed by atoms with Gasteiger partial charge in [-0.1, -0.05) is 42.3 Å². The smallest absolute Gasteiger partial charge is 0.307 e. The van der Waals surface area contributed by atoms with Crippen molar-refractivity contribution < 1.29 is 19.1 Å². The average Bonchev–Trinajstić information content (AvgIpc) is 2.67. The van der Waals surface area contributed by atoms with Crippen LogP contribution in [0.5, 0.6) is 5.75 Å². The van der Waals surface area contributed by atoms with Gasteiger partial charge in [0.25, 0.3) is 0 Å². The number of hydrogen-bond acceptors (Lipinski definition) is 4. The molecule has 0 fully saturated rings. The van der Waals surface area contributed by atoms with Gasteiger partial charge in [0.2, 0.25) is 0 Å². The van der Waals surface area contributed by atoms with Gasteiger partial charge in [-0.25, -0.2) is 0 Å². The lowest BCUT2D eigenvalue weighted by Gasteiger charge is -2.12. The molecule has 0 saturated carbocycles. The zero-order valence-electron chi connectivity index (χ0n) is 16.0. The standard InChI is InChI=1S/C23H24O4/c1-4-6-21(15-23(25)26-5-2)20-11-13-22(14-12-20)27-16-18-7-9-19(10-8-18)17(3)24/h7-14,21H,5,15-16H2,1-3H3/t21-/m0/s1. The predicted molar refractivity (Wildman–Crippen MR) is 105 cm³/mol. The molecule has 4 heteroatoms. The van der Waals surface area contributed by atoms with Crippen LogP contribution in [0.1, 0.15) is 54.6 Å². The zero-order chi connectivity index (χ0) is 19.6. The van der Waals surface area contributed by atoms with Crippen LogP contribution in [0, 0.1) is 11.8 Å². The number of ether oxygens (including phenoxy) is 2. The molecule has 0 unspecified atom stereocenters. The number of ketones is 1. The second-order valence-corrected chi connectivity index (χ2v) is 6.07. The van der Waals surface area contributed by atoms with E-state index in [1.54, 1.807) is 32.9 Å². The van der Waals surface area contributed by atoms with Crippen LogP contribution in [-0.2, 0) is 16.1 Å². The van der Waals surface area contributed by atoms with Gasteiger partial charge in [0.15, 0.2) is 5.78 Å². The molecular weight excluding hydrogens is 340 g/mol. The first-order valence-electron chi connectivity index (χ1n) is 8.94. The molecule has 4 nitrogen and oxygen atoms in total. The number of rotatable bonds is 8. The highest BCUT2D eigenvalue weighted by molar-refractivity contribution is 5.94. The van der Waals surface area contributed by atoms with Crippen molar-refractivity contribution in [2.45, 2.75) is 39.7 Å². The quantitative estimate of drug-likeness (QED) is 0.392. The summed E-state index contributed by atoms with van der Waals surface area (Å²) in [5, 5.41) is 0. The molecule has 0 aliphatic heterocycles. The highest BCUT2D eigenvalue weighted by atomic mass is 16.5. The molecule has 0 heterocycles. The van der Waals surface area contributed by atoms with Gasteiger partial charge in [-0.3, -0.25) is 9.59 Å². The molecule has 0 amide bonds. The van der Waals surface area contributed by atoms with Crippen LogP contribution in [0.2, 0.25) is 0 Å². The Hall–Kier alpha value is -3.06. The second-order valence-electron chi connectivity index (χ2n) is 6.07. The molecule has 27 heavy (non-hydrogen) atoms.